The molecule has 144 valence electrons. The van der Waals surface area contributed by atoms with Gasteiger partial charge in [-0.2, -0.15) is 4.98 Å². The predicted molar refractivity (Wildman–Crippen MR) is 104 cm³/mol. The third kappa shape index (κ3) is 3.49. The summed E-state index contributed by atoms with van der Waals surface area (Å²) in [5.74, 6) is -1.53. The van der Waals surface area contributed by atoms with E-state index in [1.54, 1.807) is 30.3 Å². The van der Waals surface area contributed by atoms with Crippen molar-refractivity contribution in [2.45, 2.75) is 0 Å². The topological polar surface area (TPSA) is 112 Å². The van der Waals surface area contributed by atoms with E-state index in [1.807, 2.05) is 4.90 Å². The summed E-state index contributed by atoms with van der Waals surface area (Å²) in [4.78, 5) is 30.5. The highest BCUT2D eigenvalue weighted by Crippen LogP contribution is 2.23. The van der Waals surface area contributed by atoms with Crippen LogP contribution in [0.1, 0.15) is 20.8 Å². The van der Waals surface area contributed by atoms with Gasteiger partial charge in [0.25, 0.3) is 5.91 Å². The SMILES string of the molecule is O=C(Nc1nc2ccc(N3CCNCC3)c(C(=O)O)n2n1)c1cccc(Cl)c1. The minimum absolute atomic E-state index is 0.00940. The fourth-order valence-electron chi connectivity index (χ4n) is 3.15. The second-order valence-corrected chi connectivity index (χ2v) is 6.72. The summed E-state index contributed by atoms with van der Waals surface area (Å²) < 4.78 is 1.24. The maximum atomic E-state index is 12.4. The first kappa shape index (κ1) is 18.2. The smallest absolute Gasteiger partial charge is 0.356 e. The third-order valence-electron chi connectivity index (χ3n) is 4.45. The molecule has 0 saturated carbocycles. The molecule has 28 heavy (non-hydrogen) atoms. The van der Waals surface area contributed by atoms with Crippen LogP contribution in [0.2, 0.25) is 5.02 Å². The number of carbonyl (C=O) groups excluding carboxylic acids is 1. The molecule has 3 heterocycles. The van der Waals surface area contributed by atoms with Gasteiger partial charge >= 0.3 is 5.97 Å². The molecule has 1 aromatic carbocycles. The monoisotopic (exact) mass is 400 g/mol. The summed E-state index contributed by atoms with van der Waals surface area (Å²) in [6.45, 7) is 2.93. The summed E-state index contributed by atoms with van der Waals surface area (Å²) in [6.07, 6.45) is 0. The van der Waals surface area contributed by atoms with Gasteiger partial charge in [0.1, 0.15) is 0 Å². The van der Waals surface area contributed by atoms with Crippen molar-refractivity contribution < 1.29 is 14.7 Å². The number of fused-ring (bicyclic) bond motifs is 1. The van der Waals surface area contributed by atoms with Gasteiger partial charge in [0.05, 0.1) is 5.69 Å². The van der Waals surface area contributed by atoms with Crippen LogP contribution in [-0.2, 0) is 0 Å². The Kier molecular flexibility index (Phi) is 4.84. The minimum atomic E-state index is -1.11. The number of amides is 1. The van der Waals surface area contributed by atoms with Crippen LogP contribution < -0.4 is 15.5 Å². The molecule has 10 heteroatoms. The minimum Gasteiger partial charge on any atom is -0.476 e. The van der Waals surface area contributed by atoms with Gasteiger partial charge in [-0.05, 0) is 30.3 Å². The number of hydrogen-bond acceptors (Lipinski definition) is 6. The predicted octanol–water partition coefficient (Wildman–Crippen LogP) is 1.74. The van der Waals surface area contributed by atoms with Gasteiger partial charge in [0, 0.05) is 36.8 Å². The van der Waals surface area contributed by atoms with Gasteiger partial charge < -0.3 is 15.3 Å². The number of hydrogen-bond donors (Lipinski definition) is 3. The van der Waals surface area contributed by atoms with E-state index in [0.717, 1.165) is 13.1 Å². The second-order valence-electron chi connectivity index (χ2n) is 6.28. The number of rotatable bonds is 4. The van der Waals surface area contributed by atoms with Crippen LogP contribution in [0, 0.1) is 0 Å². The molecule has 0 bridgehead atoms. The van der Waals surface area contributed by atoms with Gasteiger partial charge in [-0.25, -0.2) is 9.31 Å². The Hall–Kier alpha value is -3.17. The fraction of sp³-hybridized carbons (Fsp3) is 0.222. The Morgan fingerprint density at radius 2 is 1.96 bits per heavy atom. The fourth-order valence-corrected chi connectivity index (χ4v) is 3.35. The van der Waals surface area contributed by atoms with E-state index in [0.29, 0.717) is 35.0 Å². The second kappa shape index (κ2) is 7.45. The number of halogens is 1. The summed E-state index contributed by atoms with van der Waals surface area (Å²) >= 11 is 5.91. The van der Waals surface area contributed by atoms with Crippen molar-refractivity contribution in [2.75, 3.05) is 36.4 Å². The van der Waals surface area contributed by atoms with Crippen LogP contribution in [0.4, 0.5) is 11.6 Å². The number of aromatic carboxylic acids is 1. The molecule has 1 fully saturated rings. The van der Waals surface area contributed by atoms with Crippen molar-refractivity contribution in [1.29, 1.82) is 0 Å². The van der Waals surface area contributed by atoms with Gasteiger partial charge in [0.2, 0.25) is 5.95 Å². The van der Waals surface area contributed by atoms with E-state index in [-0.39, 0.29) is 11.6 Å². The number of carbonyl (C=O) groups is 2. The van der Waals surface area contributed by atoms with E-state index in [9.17, 15) is 14.7 Å². The molecule has 3 N–H and O–H groups in total. The number of aromatic nitrogens is 3. The number of pyridine rings is 1. The Morgan fingerprint density at radius 3 is 2.68 bits per heavy atom. The molecule has 3 aromatic rings. The summed E-state index contributed by atoms with van der Waals surface area (Å²) in [5.41, 5.74) is 1.26. The number of piperazine rings is 1. The Bertz CT molecular complexity index is 1060. The number of anilines is 2. The molecule has 1 saturated heterocycles. The number of benzene rings is 1. The van der Waals surface area contributed by atoms with Crippen LogP contribution in [0.5, 0.6) is 0 Å². The van der Waals surface area contributed by atoms with Crippen LogP contribution in [0.25, 0.3) is 5.65 Å². The zero-order valence-corrected chi connectivity index (χ0v) is 15.5. The van der Waals surface area contributed by atoms with Gasteiger partial charge in [-0.1, -0.05) is 17.7 Å². The molecule has 9 nitrogen and oxygen atoms in total. The molecule has 0 spiro atoms. The van der Waals surface area contributed by atoms with Gasteiger partial charge in [-0.3, -0.25) is 10.1 Å². The van der Waals surface area contributed by atoms with Crippen LogP contribution in [0.15, 0.2) is 36.4 Å². The maximum absolute atomic E-state index is 12.4. The summed E-state index contributed by atoms with van der Waals surface area (Å²) in [7, 11) is 0. The number of carboxylic acids is 1. The highest BCUT2D eigenvalue weighted by Gasteiger charge is 2.23. The van der Waals surface area contributed by atoms with Crippen LogP contribution in [0.3, 0.4) is 0 Å². The number of nitrogens with zero attached hydrogens (tertiary/aromatic N) is 4. The zero-order valence-electron chi connectivity index (χ0n) is 14.7. The molecule has 2 aromatic heterocycles. The first-order valence-corrected chi connectivity index (χ1v) is 9.06. The van der Waals surface area contributed by atoms with Crippen molar-refractivity contribution in [1.82, 2.24) is 19.9 Å². The van der Waals surface area contributed by atoms with Crippen molar-refractivity contribution >= 4 is 40.8 Å². The Labute approximate surface area is 164 Å². The molecule has 0 radical (unpaired) electrons. The normalized spacial score (nSPS) is 14.2. The average molecular weight is 401 g/mol. The molecular weight excluding hydrogens is 384 g/mol. The lowest BCUT2D eigenvalue weighted by Gasteiger charge is -2.30. The molecule has 0 atom stereocenters. The largest absolute Gasteiger partial charge is 0.476 e. The van der Waals surface area contributed by atoms with E-state index >= 15 is 0 Å². The van der Waals surface area contributed by atoms with Crippen LogP contribution in [-0.4, -0.2) is 57.8 Å². The third-order valence-corrected chi connectivity index (χ3v) is 4.68. The van der Waals surface area contributed by atoms with Crippen molar-refractivity contribution in [2.24, 2.45) is 0 Å². The highest BCUT2D eigenvalue weighted by molar-refractivity contribution is 6.31. The molecule has 0 unspecified atom stereocenters. The molecule has 4 rings (SSSR count). The standard InChI is InChI=1S/C18H17ClN6O3/c19-12-3-1-2-11(10-12)16(26)22-18-21-14-5-4-13(24-8-6-20-7-9-24)15(17(27)28)25(14)23-18/h1-5,10,20H,6-9H2,(H,27,28)(H,22,23,26). The number of nitrogens with one attached hydrogen (secondary N) is 2. The maximum Gasteiger partial charge on any atom is 0.356 e. The lowest BCUT2D eigenvalue weighted by Crippen LogP contribution is -2.44. The Balaban J connectivity index is 1.69. The van der Waals surface area contributed by atoms with Crippen molar-refractivity contribution in [3.05, 3.63) is 52.7 Å². The van der Waals surface area contributed by atoms with Crippen LogP contribution >= 0.6 is 11.6 Å². The first-order chi connectivity index (χ1) is 13.5. The van der Waals surface area contributed by atoms with Crippen molar-refractivity contribution in [3.8, 4) is 0 Å². The molecule has 1 aliphatic heterocycles. The molecule has 1 aliphatic rings. The lowest BCUT2D eigenvalue weighted by atomic mass is 10.2. The van der Waals surface area contributed by atoms with Crippen molar-refractivity contribution in [3.63, 3.8) is 0 Å². The van der Waals surface area contributed by atoms with Gasteiger partial charge in [-0.15, -0.1) is 5.10 Å². The average Bonchev–Trinajstić information content (AvgIpc) is 3.10. The Morgan fingerprint density at radius 1 is 1.18 bits per heavy atom. The quantitative estimate of drug-likeness (QED) is 0.611. The first-order valence-electron chi connectivity index (χ1n) is 8.68. The van der Waals surface area contributed by atoms with E-state index in [2.05, 4.69) is 20.7 Å². The van der Waals surface area contributed by atoms with E-state index < -0.39 is 11.9 Å². The highest BCUT2D eigenvalue weighted by atomic mass is 35.5. The van der Waals surface area contributed by atoms with E-state index in [1.165, 1.54) is 10.6 Å². The lowest BCUT2D eigenvalue weighted by molar-refractivity contribution is 0.0688. The molecular formula is C18H17ClN6O3. The number of carboxylic acid groups (broad SMARTS) is 1. The van der Waals surface area contributed by atoms with E-state index in [4.69, 9.17) is 11.6 Å². The summed E-state index contributed by atoms with van der Waals surface area (Å²) in [6, 6.07) is 9.88. The molecule has 1 amide bonds. The zero-order chi connectivity index (χ0) is 19.7. The van der Waals surface area contributed by atoms with Gasteiger partial charge in [0.15, 0.2) is 11.3 Å². The molecule has 0 aliphatic carbocycles. The summed E-state index contributed by atoms with van der Waals surface area (Å²) in [5, 5.41) is 20.2.